The summed E-state index contributed by atoms with van der Waals surface area (Å²) in [5.74, 6) is 0.980. The van der Waals surface area contributed by atoms with Crippen LogP contribution in [0.15, 0.2) is 0 Å². The lowest BCUT2D eigenvalue weighted by atomic mass is 9.93. The molecule has 13 heavy (non-hydrogen) atoms. The van der Waals surface area contributed by atoms with E-state index in [0.717, 1.165) is 5.92 Å². The van der Waals surface area contributed by atoms with E-state index in [4.69, 9.17) is 0 Å². The zero-order valence-corrected chi connectivity index (χ0v) is 9.53. The lowest BCUT2D eigenvalue weighted by Crippen LogP contribution is -2.39. The average molecular weight is 183 g/mol. The highest BCUT2D eigenvalue weighted by Crippen LogP contribution is 2.43. The summed E-state index contributed by atoms with van der Waals surface area (Å²) < 4.78 is 0. The Labute approximate surface area is 83.3 Å². The fraction of sp³-hybridized carbons (Fsp3) is 1.00. The topological polar surface area (TPSA) is 12.0 Å². The summed E-state index contributed by atoms with van der Waals surface area (Å²) in [7, 11) is 0. The molecule has 1 N–H and O–H groups in total. The number of nitrogens with one attached hydrogen (secondary N) is 1. The number of unbranched alkanes of at least 4 members (excludes halogenated alkanes) is 1. The van der Waals surface area contributed by atoms with Crippen molar-refractivity contribution < 1.29 is 0 Å². The van der Waals surface area contributed by atoms with Crippen molar-refractivity contribution in [3.05, 3.63) is 0 Å². The molecule has 0 aromatic heterocycles. The Morgan fingerprint density at radius 1 is 1.23 bits per heavy atom. The van der Waals surface area contributed by atoms with Crippen molar-refractivity contribution >= 4 is 0 Å². The smallest absolute Gasteiger partial charge is 0.0185 e. The molecule has 1 heterocycles. The lowest BCUT2D eigenvalue weighted by Gasteiger charge is -2.27. The summed E-state index contributed by atoms with van der Waals surface area (Å²) in [6.45, 7) is 8.00. The third kappa shape index (κ3) is 3.68. The highest BCUT2D eigenvalue weighted by molar-refractivity contribution is 5.04. The minimum atomic E-state index is 0.650. The Hall–Kier alpha value is -0.0400. The molecule has 1 aliphatic heterocycles. The molecule has 2 fully saturated rings. The fourth-order valence-corrected chi connectivity index (χ4v) is 1.96. The monoisotopic (exact) mass is 183 g/mol. The number of hydrogen-bond donors (Lipinski definition) is 1. The summed E-state index contributed by atoms with van der Waals surface area (Å²) in [6.07, 6.45) is 8.35. The maximum absolute atomic E-state index is 3.60. The number of hydrogen-bond acceptors (Lipinski definition) is 1. The number of rotatable bonds is 1. The standard InChI is InChI=1S/C8H15N.C4H10/c1-7-2-5-9-8(6-7)3-4-8;1-3-4-2/h7,9H,2-6H2,1H3;3-4H2,1-2H3. The van der Waals surface area contributed by atoms with E-state index in [1.165, 1.54) is 45.1 Å². The predicted octanol–water partition coefficient (Wildman–Crippen LogP) is 3.34. The van der Waals surface area contributed by atoms with Crippen LogP contribution in [0, 0.1) is 5.92 Å². The van der Waals surface area contributed by atoms with Gasteiger partial charge in [0.1, 0.15) is 0 Å². The maximum Gasteiger partial charge on any atom is 0.0185 e. The zero-order chi connectivity index (χ0) is 9.73. The Morgan fingerprint density at radius 3 is 2.15 bits per heavy atom. The van der Waals surface area contributed by atoms with Crippen molar-refractivity contribution in [3.63, 3.8) is 0 Å². The molecule has 0 aromatic carbocycles. The first-order valence-corrected chi connectivity index (χ1v) is 5.97. The van der Waals surface area contributed by atoms with E-state index in [0.29, 0.717) is 5.54 Å². The molecule has 1 aliphatic carbocycles. The molecule has 2 aliphatic rings. The largest absolute Gasteiger partial charge is 0.311 e. The first-order valence-electron chi connectivity index (χ1n) is 5.97. The second-order valence-corrected chi connectivity index (χ2v) is 4.81. The molecular formula is C12H25N. The summed E-state index contributed by atoms with van der Waals surface area (Å²) in [4.78, 5) is 0. The van der Waals surface area contributed by atoms with Gasteiger partial charge in [-0.25, -0.2) is 0 Å². The van der Waals surface area contributed by atoms with E-state index in [1.807, 2.05) is 0 Å². The molecule has 1 heteroatoms. The molecule has 2 rings (SSSR count). The Bertz CT molecular complexity index is 136. The van der Waals surface area contributed by atoms with Gasteiger partial charge in [-0.3, -0.25) is 0 Å². The van der Waals surface area contributed by atoms with Crippen molar-refractivity contribution in [1.29, 1.82) is 0 Å². The van der Waals surface area contributed by atoms with Gasteiger partial charge in [-0.15, -0.1) is 0 Å². The van der Waals surface area contributed by atoms with Crippen LogP contribution in [0.2, 0.25) is 0 Å². The lowest BCUT2D eigenvalue weighted by molar-refractivity contribution is 0.305. The van der Waals surface area contributed by atoms with E-state index < -0.39 is 0 Å². The van der Waals surface area contributed by atoms with Gasteiger partial charge in [-0.05, 0) is 38.1 Å². The third-order valence-electron chi connectivity index (χ3n) is 3.23. The van der Waals surface area contributed by atoms with Crippen molar-refractivity contribution in [2.45, 2.75) is 64.8 Å². The van der Waals surface area contributed by atoms with E-state index in [9.17, 15) is 0 Å². The molecule has 0 bridgehead atoms. The van der Waals surface area contributed by atoms with Gasteiger partial charge in [0.25, 0.3) is 0 Å². The van der Waals surface area contributed by atoms with Crippen molar-refractivity contribution in [2.24, 2.45) is 5.92 Å². The van der Waals surface area contributed by atoms with Gasteiger partial charge in [0, 0.05) is 5.54 Å². The van der Waals surface area contributed by atoms with Gasteiger partial charge in [-0.1, -0.05) is 33.6 Å². The summed E-state index contributed by atoms with van der Waals surface area (Å²) in [5.41, 5.74) is 0.650. The fourth-order valence-electron chi connectivity index (χ4n) is 1.96. The van der Waals surface area contributed by atoms with Crippen LogP contribution >= 0.6 is 0 Å². The van der Waals surface area contributed by atoms with Crippen LogP contribution in [0.5, 0.6) is 0 Å². The first kappa shape index (κ1) is 11.0. The first-order chi connectivity index (χ1) is 6.22. The van der Waals surface area contributed by atoms with Crippen LogP contribution in [-0.2, 0) is 0 Å². The summed E-state index contributed by atoms with van der Waals surface area (Å²) in [6, 6.07) is 0. The van der Waals surface area contributed by atoms with Gasteiger partial charge in [0.05, 0.1) is 0 Å². The van der Waals surface area contributed by atoms with Gasteiger partial charge in [0.2, 0.25) is 0 Å². The Morgan fingerprint density at radius 2 is 1.85 bits per heavy atom. The molecule has 0 aromatic rings. The van der Waals surface area contributed by atoms with Gasteiger partial charge in [-0.2, -0.15) is 0 Å². The van der Waals surface area contributed by atoms with Crippen LogP contribution in [0.4, 0.5) is 0 Å². The van der Waals surface area contributed by atoms with Gasteiger partial charge < -0.3 is 5.32 Å². The molecule has 1 nitrogen and oxygen atoms in total. The quantitative estimate of drug-likeness (QED) is 0.657. The molecule has 1 atom stereocenters. The molecule has 1 saturated carbocycles. The zero-order valence-electron chi connectivity index (χ0n) is 9.53. The molecule has 0 radical (unpaired) electrons. The second-order valence-electron chi connectivity index (χ2n) is 4.81. The molecule has 78 valence electrons. The van der Waals surface area contributed by atoms with Crippen molar-refractivity contribution in [1.82, 2.24) is 5.32 Å². The molecule has 0 amide bonds. The highest BCUT2D eigenvalue weighted by atomic mass is 15.0. The van der Waals surface area contributed by atoms with Crippen LogP contribution in [-0.4, -0.2) is 12.1 Å². The SMILES string of the molecule is CC1CCNC2(CC2)C1.CCCC. The second kappa shape index (κ2) is 4.99. The molecular weight excluding hydrogens is 158 g/mol. The predicted molar refractivity (Wildman–Crippen MR) is 58.9 cm³/mol. The van der Waals surface area contributed by atoms with Crippen LogP contribution in [0.3, 0.4) is 0 Å². The number of piperidine rings is 1. The van der Waals surface area contributed by atoms with E-state index >= 15 is 0 Å². The van der Waals surface area contributed by atoms with Crippen LogP contribution < -0.4 is 5.32 Å². The highest BCUT2D eigenvalue weighted by Gasteiger charge is 2.44. The maximum atomic E-state index is 3.60. The van der Waals surface area contributed by atoms with E-state index in [1.54, 1.807) is 0 Å². The molecule has 1 saturated heterocycles. The summed E-state index contributed by atoms with van der Waals surface area (Å²) >= 11 is 0. The molecule has 1 spiro atoms. The Balaban J connectivity index is 0.000000184. The Kier molecular flexibility index (Phi) is 4.24. The van der Waals surface area contributed by atoms with Crippen molar-refractivity contribution in [3.8, 4) is 0 Å². The van der Waals surface area contributed by atoms with E-state index in [-0.39, 0.29) is 0 Å². The minimum Gasteiger partial charge on any atom is -0.311 e. The van der Waals surface area contributed by atoms with Crippen molar-refractivity contribution in [2.75, 3.05) is 6.54 Å². The normalized spacial score (nSPS) is 29.3. The van der Waals surface area contributed by atoms with Crippen LogP contribution in [0.25, 0.3) is 0 Å². The van der Waals surface area contributed by atoms with Crippen LogP contribution in [0.1, 0.15) is 59.3 Å². The molecule has 1 unspecified atom stereocenters. The average Bonchev–Trinajstić information content (AvgIpc) is 2.85. The van der Waals surface area contributed by atoms with Gasteiger partial charge in [0.15, 0.2) is 0 Å². The third-order valence-corrected chi connectivity index (χ3v) is 3.23. The minimum absolute atomic E-state index is 0.650. The van der Waals surface area contributed by atoms with Gasteiger partial charge >= 0.3 is 0 Å². The van der Waals surface area contributed by atoms with E-state index in [2.05, 4.69) is 26.1 Å². The summed E-state index contributed by atoms with van der Waals surface area (Å²) in [5, 5.41) is 3.60.